The summed E-state index contributed by atoms with van der Waals surface area (Å²) >= 11 is 8.99. The van der Waals surface area contributed by atoms with Gasteiger partial charge < -0.3 is 9.64 Å². The molecule has 0 aliphatic rings. The second-order valence-corrected chi connectivity index (χ2v) is 9.43. The molecule has 0 saturated carbocycles. The Kier molecular flexibility index (Phi) is 9.17. The first-order valence-corrected chi connectivity index (χ1v) is 11.2. The van der Waals surface area contributed by atoms with Crippen molar-refractivity contribution in [1.82, 2.24) is 9.88 Å². The first kappa shape index (κ1) is 23.9. The topological polar surface area (TPSA) is 45.7 Å². The molecule has 158 valence electrons. The molecule has 1 amide bonds. The van der Waals surface area contributed by atoms with Gasteiger partial charge in [-0.15, -0.1) is 23.7 Å². The number of thiophene rings is 1. The van der Waals surface area contributed by atoms with E-state index in [4.69, 9.17) is 21.3 Å². The molecule has 0 bridgehead atoms. The number of amides is 1. The predicted molar refractivity (Wildman–Crippen MR) is 127 cm³/mol. The van der Waals surface area contributed by atoms with E-state index >= 15 is 0 Å². The van der Waals surface area contributed by atoms with Crippen LogP contribution in [-0.4, -0.2) is 49.6 Å². The number of thiazole rings is 1. The van der Waals surface area contributed by atoms with Gasteiger partial charge in [-0.1, -0.05) is 29.0 Å². The molecule has 3 aromatic rings. The Labute approximate surface area is 190 Å². The molecular formula is C20H25Cl2N3O2S2. The number of hydrogen-bond donors (Lipinski definition) is 0. The monoisotopic (exact) mass is 473 g/mol. The third-order valence-electron chi connectivity index (χ3n) is 4.14. The van der Waals surface area contributed by atoms with Crippen LogP contribution in [0.15, 0.2) is 30.3 Å². The number of halogens is 2. The van der Waals surface area contributed by atoms with Crippen molar-refractivity contribution in [2.45, 2.75) is 19.8 Å². The standard InChI is InChI=1S/C20H24ClN3O2S2.ClH/c1-4-26-15-7-5-8-16-19(15)22-20(28-16)24(12-6-11-23(2)3)18(25)13-14-9-10-17(21)27-14;/h5,7-10H,4,6,11-13H2,1-3H3;1H. The van der Waals surface area contributed by atoms with Gasteiger partial charge in [0.1, 0.15) is 11.3 Å². The Morgan fingerprint density at radius 1 is 1.17 bits per heavy atom. The fraction of sp³-hybridized carbons (Fsp3) is 0.400. The van der Waals surface area contributed by atoms with Crippen molar-refractivity contribution in [3.8, 4) is 5.75 Å². The summed E-state index contributed by atoms with van der Waals surface area (Å²) in [5.74, 6) is 0.794. The smallest absolute Gasteiger partial charge is 0.234 e. The number of ether oxygens (including phenoxy) is 1. The van der Waals surface area contributed by atoms with Gasteiger partial charge in [-0.3, -0.25) is 9.69 Å². The third-order valence-corrected chi connectivity index (χ3v) is 6.42. The maximum Gasteiger partial charge on any atom is 0.234 e. The molecule has 2 heterocycles. The van der Waals surface area contributed by atoms with Crippen molar-refractivity contribution in [2.24, 2.45) is 0 Å². The van der Waals surface area contributed by atoms with Crippen LogP contribution in [0.2, 0.25) is 4.34 Å². The number of carbonyl (C=O) groups is 1. The van der Waals surface area contributed by atoms with Crippen molar-refractivity contribution in [2.75, 3.05) is 38.7 Å². The molecule has 0 saturated heterocycles. The zero-order chi connectivity index (χ0) is 20.1. The van der Waals surface area contributed by atoms with E-state index in [1.807, 2.05) is 51.4 Å². The van der Waals surface area contributed by atoms with E-state index in [2.05, 4.69) is 4.90 Å². The number of nitrogens with zero attached hydrogens (tertiary/aromatic N) is 3. The van der Waals surface area contributed by atoms with Gasteiger partial charge in [-0.2, -0.15) is 0 Å². The number of benzene rings is 1. The minimum Gasteiger partial charge on any atom is -0.492 e. The minimum atomic E-state index is 0. The van der Waals surface area contributed by atoms with Crippen LogP contribution in [0.4, 0.5) is 5.13 Å². The first-order chi connectivity index (χ1) is 13.5. The molecule has 9 heteroatoms. The van der Waals surface area contributed by atoms with Gasteiger partial charge in [0.2, 0.25) is 5.91 Å². The Bertz CT molecular complexity index is 943. The summed E-state index contributed by atoms with van der Waals surface area (Å²) in [4.78, 5) is 22.7. The second-order valence-electron chi connectivity index (χ2n) is 6.62. The molecule has 1 aromatic carbocycles. The predicted octanol–water partition coefficient (Wildman–Crippen LogP) is 5.36. The maximum atomic E-state index is 13.1. The molecule has 0 N–H and O–H groups in total. The Morgan fingerprint density at radius 2 is 1.97 bits per heavy atom. The second kappa shape index (κ2) is 11.1. The Balaban J connectivity index is 0.00000300. The Morgan fingerprint density at radius 3 is 2.62 bits per heavy atom. The summed E-state index contributed by atoms with van der Waals surface area (Å²) in [6.45, 7) is 4.07. The number of rotatable bonds is 9. The van der Waals surface area contributed by atoms with E-state index < -0.39 is 0 Å². The van der Waals surface area contributed by atoms with E-state index in [9.17, 15) is 4.79 Å². The number of para-hydroxylation sites is 1. The normalized spacial score (nSPS) is 10.9. The van der Waals surface area contributed by atoms with Crippen molar-refractivity contribution in [1.29, 1.82) is 0 Å². The molecule has 0 aliphatic carbocycles. The fourth-order valence-corrected chi connectivity index (χ4v) is 4.97. The van der Waals surface area contributed by atoms with Crippen molar-refractivity contribution in [3.05, 3.63) is 39.5 Å². The highest BCUT2D eigenvalue weighted by atomic mass is 35.5. The van der Waals surface area contributed by atoms with Gasteiger partial charge in [-0.25, -0.2) is 4.98 Å². The lowest BCUT2D eigenvalue weighted by atomic mass is 10.3. The third kappa shape index (κ3) is 6.30. The number of carbonyl (C=O) groups excluding carboxylic acids is 1. The lowest BCUT2D eigenvalue weighted by Gasteiger charge is -2.20. The number of anilines is 1. The van der Waals surface area contributed by atoms with Crippen LogP contribution >= 0.6 is 46.7 Å². The highest BCUT2D eigenvalue weighted by Gasteiger charge is 2.21. The number of fused-ring (bicyclic) bond motifs is 1. The van der Waals surface area contributed by atoms with E-state index in [0.29, 0.717) is 29.0 Å². The highest BCUT2D eigenvalue weighted by Crippen LogP contribution is 2.35. The lowest BCUT2D eigenvalue weighted by molar-refractivity contribution is -0.118. The van der Waals surface area contributed by atoms with E-state index in [-0.39, 0.29) is 18.3 Å². The highest BCUT2D eigenvalue weighted by molar-refractivity contribution is 7.22. The first-order valence-electron chi connectivity index (χ1n) is 9.19. The van der Waals surface area contributed by atoms with Crippen molar-refractivity contribution in [3.63, 3.8) is 0 Å². The lowest BCUT2D eigenvalue weighted by Crippen LogP contribution is -2.34. The zero-order valence-corrected chi connectivity index (χ0v) is 19.9. The summed E-state index contributed by atoms with van der Waals surface area (Å²) in [7, 11) is 4.07. The van der Waals surface area contributed by atoms with Crippen LogP contribution in [0.25, 0.3) is 10.2 Å². The average molecular weight is 474 g/mol. The molecule has 2 aromatic heterocycles. The van der Waals surface area contributed by atoms with Gasteiger partial charge in [0, 0.05) is 11.4 Å². The van der Waals surface area contributed by atoms with Crippen LogP contribution in [-0.2, 0) is 11.2 Å². The van der Waals surface area contributed by atoms with Gasteiger partial charge in [0.25, 0.3) is 0 Å². The molecule has 0 aliphatic heterocycles. The number of aromatic nitrogens is 1. The molecule has 0 unspecified atom stereocenters. The number of hydrogen-bond acceptors (Lipinski definition) is 6. The summed E-state index contributed by atoms with van der Waals surface area (Å²) in [5, 5.41) is 0.716. The van der Waals surface area contributed by atoms with E-state index in [1.165, 1.54) is 22.7 Å². The fourth-order valence-electron chi connectivity index (χ4n) is 2.86. The van der Waals surface area contributed by atoms with Crippen LogP contribution < -0.4 is 9.64 Å². The van der Waals surface area contributed by atoms with Gasteiger partial charge in [-0.05, 0) is 58.3 Å². The van der Waals surface area contributed by atoms with Gasteiger partial charge in [0.15, 0.2) is 5.13 Å². The van der Waals surface area contributed by atoms with Crippen LogP contribution in [0.3, 0.4) is 0 Å². The molecule has 0 spiro atoms. The molecular weight excluding hydrogens is 449 g/mol. The SMILES string of the molecule is CCOc1cccc2sc(N(CCCN(C)C)C(=O)Cc3ccc(Cl)s3)nc12.Cl. The van der Waals surface area contributed by atoms with Crippen molar-refractivity contribution < 1.29 is 9.53 Å². The summed E-state index contributed by atoms with van der Waals surface area (Å²) in [6, 6.07) is 9.63. The molecule has 0 radical (unpaired) electrons. The average Bonchev–Trinajstić information content (AvgIpc) is 3.25. The largest absolute Gasteiger partial charge is 0.492 e. The van der Waals surface area contributed by atoms with Crippen LogP contribution in [0.5, 0.6) is 5.75 Å². The molecule has 0 fully saturated rings. The van der Waals surface area contributed by atoms with E-state index in [1.54, 1.807) is 4.90 Å². The van der Waals surface area contributed by atoms with Crippen LogP contribution in [0, 0.1) is 0 Å². The quantitative estimate of drug-likeness (QED) is 0.419. The zero-order valence-electron chi connectivity index (χ0n) is 16.7. The summed E-state index contributed by atoms with van der Waals surface area (Å²) in [6.07, 6.45) is 1.20. The summed E-state index contributed by atoms with van der Waals surface area (Å²) in [5.41, 5.74) is 0.814. The van der Waals surface area contributed by atoms with E-state index in [0.717, 1.165) is 33.8 Å². The summed E-state index contributed by atoms with van der Waals surface area (Å²) < 4.78 is 7.42. The minimum absolute atomic E-state index is 0. The maximum absolute atomic E-state index is 13.1. The van der Waals surface area contributed by atoms with Crippen LogP contribution in [0.1, 0.15) is 18.2 Å². The molecule has 3 rings (SSSR count). The van der Waals surface area contributed by atoms with Gasteiger partial charge >= 0.3 is 0 Å². The van der Waals surface area contributed by atoms with Crippen molar-refractivity contribution >= 4 is 67.9 Å². The molecule has 5 nitrogen and oxygen atoms in total. The molecule has 29 heavy (non-hydrogen) atoms. The van der Waals surface area contributed by atoms with Gasteiger partial charge in [0.05, 0.1) is 22.1 Å². The Hall–Kier alpha value is -1.38. The molecule has 0 atom stereocenters.